The molecule has 0 spiro atoms. The topological polar surface area (TPSA) is 41.6 Å². The smallest absolute Gasteiger partial charge is 0.317 e. The minimum Gasteiger partial charge on any atom is -0.383 e. The Labute approximate surface area is 139 Å². The highest BCUT2D eigenvalue weighted by Crippen LogP contribution is 2.44. The molecular formula is C19H28N2O2. The third kappa shape index (κ3) is 4.47. The van der Waals surface area contributed by atoms with Gasteiger partial charge in [-0.15, -0.1) is 0 Å². The molecule has 0 heterocycles. The Hall–Kier alpha value is -1.55. The van der Waals surface area contributed by atoms with Crippen molar-refractivity contribution in [3.05, 3.63) is 35.9 Å². The molecule has 2 aliphatic rings. The van der Waals surface area contributed by atoms with Gasteiger partial charge in [0.25, 0.3) is 0 Å². The number of amides is 2. The van der Waals surface area contributed by atoms with E-state index in [0.29, 0.717) is 12.6 Å². The van der Waals surface area contributed by atoms with E-state index < -0.39 is 0 Å². The van der Waals surface area contributed by atoms with Crippen LogP contribution in [0.3, 0.4) is 0 Å². The number of urea groups is 1. The fourth-order valence-corrected chi connectivity index (χ4v) is 3.33. The standard InChI is InChI=1S/C19H28N2O2/c1-21(17(13-23-2)12-14-6-4-3-5-7-14)19(22)20-18(15-8-9-15)16-10-11-16/h3-7,15-18H,8-13H2,1-2H3,(H,20,22)/t17-/m1/s1. The monoisotopic (exact) mass is 316 g/mol. The minimum absolute atomic E-state index is 0.0479. The van der Waals surface area contributed by atoms with Crippen molar-refractivity contribution in [3.63, 3.8) is 0 Å². The average Bonchev–Trinajstić information content (AvgIpc) is 3.46. The predicted octanol–water partition coefficient (Wildman–Crippen LogP) is 3.07. The Kier molecular flexibility index (Phi) is 5.21. The van der Waals surface area contributed by atoms with Gasteiger partial charge in [-0.2, -0.15) is 0 Å². The van der Waals surface area contributed by atoms with Crippen LogP contribution in [-0.2, 0) is 11.2 Å². The van der Waals surface area contributed by atoms with Gasteiger partial charge in [0.1, 0.15) is 0 Å². The molecule has 23 heavy (non-hydrogen) atoms. The van der Waals surface area contributed by atoms with Crippen LogP contribution >= 0.6 is 0 Å². The molecule has 0 aromatic heterocycles. The minimum atomic E-state index is 0.0479. The number of likely N-dealkylation sites (N-methyl/N-ethyl adjacent to an activating group) is 1. The third-order valence-electron chi connectivity index (χ3n) is 5.09. The summed E-state index contributed by atoms with van der Waals surface area (Å²) in [5.41, 5.74) is 1.23. The molecule has 4 nitrogen and oxygen atoms in total. The summed E-state index contributed by atoms with van der Waals surface area (Å²) in [6, 6.07) is 10.8. The second-order valence-corrected chi connectivity index (χ2v) is 7.06. The molecule has 0 aliphatic heterocycles. The Morgan fingerprint density at radius 1 is 1.22 bits per heavy atom. The highest BCUT2D eigenvalue weighted by atomic mass is 16.5. The first-order chi connectivity index (χ1) is 11.2. The van der Waals surface area contributed by atoms with Gasteiger partial charge in [0, 0.05) is 20.2 Å². The van der Waals surface area contributed by atoms with Gasteiger partial charge >= 0.3 is 6.03 Å². The fourth-order valence-electron chi connectivity index (χ4n) is 3.33. The van der Waals surface area contributed by atoms with E-state index in [1.165, 1.54) is 31.2 Å². The van der Waals surface area contributed by atoms with E-state index in [1.807, 2.05) is 30.1 Å². The van der Waals surface area contributed by atoms with E-state index in [1.54, 1.807) is 7.11 Å². The number of methoxy groups -OCH3 is 1. The van der Waals surface area contributed by atoms with Crippen LogP contribution in [0.5, 0.6) is 0 Å². The van der Waals surface area contributed by atoms with E-state index in [0.717, 1.165) is 18.3 Å². The summed E-state index contributed by atoms with van der Waals surface area (Å²) in [5, 5.41) is 3.30. The molecule has 1 aromatic carbocycles. The van der Waals surface area contributed by atoms with E-state index in [9.17, 15) is 4.79 Å². The van der Waals surface area contributed by atoms with Crippen LogP contribution in [0.25, 0.3) is 0 Å². The summed E-state index contributed by atoms with van der Waals surface area (Å²) in [6.45, 7) is 0.552. The van der Waals surface area contributed by atoms with Crippen molar-refractivity contribution in [1.82, 2.24) is 10.2 Å². The second-order valence-electron chi connectivity index (χ2n) is 7.06. The maximum absolute atomic E-state index is 12.7. The fraction of sp³-hybridized carbons (Fsp3) is 0.632. The molecule has 0 radical (unpaired) electrons. The van der Waals surface area contributed by atoms with E-state index in [-0.39, 0.29) is 12.1 Å². The van der Waals surface area contributed by atoms with Crippen molar-refractivity contribution in [2.75, 3.05) is 20.8 Å². The lowest BCUT2D eigenvalue weighted by Gasteiger charge is -2.30. The number of hydrogen-bond donors (Lipinski definition) is 1. The van der Waals surface area contributed by atoms with Crippen LogP contribution in [0.15, 0.2) is 30.3 Å². The van der Waals surface area contributed by atoms with Crippen LogP contribution in [-0.4, -0.2) is 43.8 Å². The zero-order chi connectivity index (χ0) is 16.2. The summed E-state index contributed by atoms with van der Waals surface area (Å²) in [7, 11) is 3.58. The summed E-state index contributed by atoms with van der Waals surface area (Å²) in [5.74, 6) is 1.43. The SMILES string of the molecule is COC[C@@H](Cc1ccccc1)N(C)C(=O)NC(C1CC1)C1CC1. The van der Waals surface area contributed by atoms with Crippen molar-refractivity contribution in [2.24, 2.45) is 11.8 Å². The van der Waals surface area contributed by atoms with Crippen molar-refractivity contribution in [2.45, 2.75) is 44.2 Å². The quantitative estimate of drug-likeness (QED) is 0.801. The molecule has 1 atom stereocenters. The molecule has 4 heteroatoms. The van der Waals surface area contributed by atoms with Gasteiger partial charge in [-0.25, -0.2) is 4.79 Å². The zero-order valence-electron chi connectivity index (χ0n) is 14.2. The van der Waals surface area contributed by atoms with Crippen molar-refractivity contribution < 1.29 is 9.53 Å². The second kappa shape index (κ2) is 7.35. The van der Waals surface area contributed by atoms with Crippen LogP contribution in [0.1, 0.15) is 31.2 Å². The van der Waals surface area contributed by atoms with Gasteiger partial charge < -0.3 is 15.0 Å². The molecule has 0 saturated heterocycles. The van der Waals surface area contributed by atoms with Gasteiger partial charge in [-0.1, -0.05) is 30.3 Å². The lowest BCUT2D eigenvalue weighted by Crippen LogP contribution is -2.50. The van der Waals surface area contributed by atoms with E-state index >= 15 is 0 Å². The maximum atomic E-state index is 12.7. The van der Waals surface area contributed by atoms with Gasteiger partial charge in [0.15, 0.2) is 0 Å². The van der Waals surface area contributed by atoms with Gasteiger partial charge in [0.2, 0.25) is 0 Å². The molecule has 2 aliphatic carbocycles. The first-order valence-corrected chi connectivity index (χ1v) is 8.75. The molecule has 0 bridgehead atoms. The Balaban J connectivity index is 1.59. The number of carbonyl (C=O) groups is 1. The zero-order valence-corrected chi connectivity index (χ0v) is 14.2. The molecule has 2 saturated carbocycles. The molecule has 126 valence electrons. The Bertz CT molecular complexity index is 499. The summed E-state index contributed by atoms with van der Waals surface area (Å²) in [4.78, 5) is 14.5. The van der Waals surface area contributed by atoms with Crippen LogP contribution in [0.2, 0.25) is 0 Å². The summed E-state index contributed by atoms with van der Waals surface area (Å²) in [6.07, 6.45) is 5.91. The van der Waals surface area contributed by atoms with Crippen LogP contribution in [0, 0.1) is 11.8 Å². The van der Waals surface area contributed by atoms with Gasteiger partial charge in [-0.3, -0.25) is 0 Å². The van der Waals surface area contributed by atoms with Crippen LogP contribution < -0.4 is 5.32 Å². The third-order valence-corrected chi connectivity index (χ3v) is 5.09. The maximum Gasteiger partial charge on any atom is 0.317 e. The molecule has 0 unspecified atom stereocenters. The Morgan fingerprint density at radius 3 is 2.35 bits per heavy atom. The molecule has 3 rings (SSSR count). The lowest BCUT2D eigenvalue weighted by molar-refractivity contribution is 0.113. The molecule has 2 amide bonds. The van der Waals surface area contributed by atoms with E-state index in [4.69, 9.17) is 4.74 Å². The average molecular weight is 316 g/mol. The van der Waals surface area contributed by atoms with Crippen LogP contribution in [0.4, 0.5) is 4.79 Å². The Morgan fingerprint density at radius 2 is 1.83 bits per heavy atom. The first-order valence-electron chi connectivity index (χ1n) is 8.75. The van der Waals surface area contributed by atoms with Gasteiger partial charge in [0.05, 0.1) is 12.6 Å². The van der Waals surface area contributed by atoms with Crippen molar-refractivity contribution in [1.29, 1.82) is 0 Å². The number of nitrogens with one attached hydrogen (secondary N) is 1. The molecular weight excluding hydrogens is 288 g/mol. The number of hydrogen-bond acceptors (Lipinski definition) is 2. The number of ether oxygens (including phenoxy) is 1. The number of rotatable bonds is 8. The highest BCUT2D eigenvalue weighted by Gasteiger charge is 2.42. The normalized spacial score (nSPS) is 18.7. The van der Waals surface area contributed by atoms with Crippen molar-refractivity contribution >= 4 is 6.03 Å². The largest absolute Gasteiger partial charge is 0.383 e. The van der Waals surface area contributed by atoms with Crippen molar-refractivity contribution in [3.8, 4) is 0 Å². The molecule has 2 fully saturated rings. The summed E-state index contributed by atoms with van der Waals surface area (Å²) < 4.78 is 5.35. The number of nitrogens with zero attached hydrogens (tertiary/aromatic N) is 1. The summed E-state index contributed by atoms with van der Waals surface area (Å²) >= 11 is 0. The van der Waals surface area contributed by atoms with Gasteiger partial charge in [-0.05, 0) is 49.5 Å². The first kappa shape index (κ1) is 16.3. The molecule has 1 N–H and O–H groups in total. The lowest BCUT2D eigenvalue weighted by atomic mass is 10.1. The number of benzene rings is 1. The predicted molar refractivity (Wildman–Crippen MR) is 91.3 cm³/mol. The number of carbonyl (C=O) groups excluding carboxylic acids is 1. The molecule has 1 aromatic rings. The van der Waals surface area contributed by atoms with E-state index in [2.05, 4.69) is 17.4 Å². The highest BCUT2D eigenvalue weighted by molar-refractivity contribution is 5.74.